The molecule has 1 heterocycles. The highest BCUT2D eigenvalue weighted by atomic mass is 32.1. The maximum absolute atomic E-state index is 11.7. The Morgan fingerprint density at radius 1 is 1.10 bits per heavy atom. The van der Waals surface area contributed by atoms with Gasteiger partial charge in [-0.15, -0.1) is 11.3 Å². The topological polar surface area (TPSA) is 81.0 Å². The Kier molecular flexibility index (Phi) is 12.1. The first-order valence-corrected chi connectivity index (χ1v) is 11.9. The Bertz CT molecular complexity index is 683. The minimum absolute atomic E-state index is 0.456. The number of amides is 1. The first-order chi connectivity index (χ1) is 14.2. The van der Waals surface area contributed by atoms with Crippen LogP contribution in [-0.2, 0) is 0 Å². The van der Waals surface area contributed by atoms with Crippen LogP contribution in [0.5, 0.6) is 0 Å². The van der Waals surface area contributed by atoms with Crippen LogP contribution in [0.3, 0.4) is 0 Å². The van der Waals surface area contributed by atoms with Crippen molar-refractivity contribution in [2.45, 2.75) is 103 Å². The van der Waals surface area contributed by atoms with E-state index in [0.717, 1.165) is 22.6 Å². The van der Waals surface area contributed by atoms with Crippen LogP contribution in [0.1, 0.15) is 101 Å². The van der Waals surface area contributed by atoms with Crippen LogP contribution in [-0.4, -0.2) is 44.5 Å². The van der Waals surface area contributed by atoms with Crippen LogP contribution in [0, 0.1) is 11.8 Å². The van der Waals surface area contributed by atoms with Gasteiger partial charge in [-0.25, -0.2) is 4.79 Å². The van der Waals surface area contributed by atoms with Crippen molar-refractivity contribution in [3.05, 3.63) is 21.9 Å². The van der Waals surface area contributed by atoms with Crippen LogP contribution in [0.25, 0.3) is 0 Å². The summed E-state index contributed by atoms with van der Waals surface area (Å²) in [5, 5.41) is 30.0. The van der Waals surface area contributed by atoms with Gasteiger partial charge in [-0.05, 0) is 39.3 Å². The number of carbonyl (C=O) groups is 1. The van der Waals surface area contributed by atoms with Crippen molar-refractivity contribution < 1.29 is 20.1 Å². The Balaban J connectivity index is 2.56. The number of carboxylic acid groups (broad SMARTS) is 1. The molecule has 30 heavy (non-hydrogen) atoms. The van der Waals surface area contributed by atoms with Crippen molar-refractivity contribution in [1.82, 2.24) is 4.90 Å². The van der Waals surface area contributed by atoms with E-state index in [0.29, 0.717) is 4.88 Å². The lowest BCUT2D eigenvalue weighted by atomic mass is 10.00. The monoisotopic (exact) mass is 437 g/mol. The van der Waals surface area contributed by atoms with Gasteiger partial charge in [0.2, 0.25) is 0 Å². The third-order valence-electron chi connectivity index (χ3n) is 5.10. The van der Waals surface area contributed by atoms with Gasteiger partial charge in [-0.1, -0.05) is 63.7 Å². The molecule has 1 aromatic rings. The van der Waals surface area contributed by atoms with Gasteiger partial charge >= 0.3 is 6.09 Å². The van der Waals surface area contributed by atoms with Gasteiger partial charge in [0, 0.05) is 16.8 Å². The van der Waals surface area contributed by atoms with Crippen molar-refractivity contribution in [2.24, 2.45) is 0 Å². The zero-order valence-electron chi connectivity index (χ0n) is 19.0. The van der Waals surface area contributed by atoms with E-state index in [9.17, 15) is 20.1 Å². The summed E-state index contributed by atoms with van der Waals surface area (Å²) in [6, 6.07) is 2.68. The number of unbranched alkanes of at least 4 members (excludes halogenated alkanes) is 8. The van der Waals surface area contributed by atoms with Crippen LogP contribution < -0.4 is 0 Å². The largest absolute Gasteiger partial charge is 0.465 e. The number of aliphatic hydroxyl groups excluding tert-OH is 2. The summed E-state index contributed by atoms with van der Waals surface area (Å²) in [5.74, 6) is 6.34. The minimum Gasteiger partial charge on any atom is -0.465 e. The molecule has 6 heteroatoms. The fourth-order valence-corrected chi connectivity index (χ4v) is 4.44. The number of aliphatic hydroxyl groups is 2. The molecule has 0 aliphatic carbocycles. The zero-order valence-corrected chi connectivity index (χ0v) is 19.8. The number of hydrogen-bond donors (Lipinski definition) is 3. The maximum atomic E-state index is 11.7. The summed E-state index contributed by atoms with van der Waals surface area (Å²) in [7, 11) is 0. The van der Waals surface area contributed by atoms with E-state index in [1.54, 1.807) is 26.8 Å². The second-order valence-electron chi connectivity index (χ2n) is 8.75. The standard InChI is InChI=1S/C24H39NO4S/c1-5-6-7-8-9-10-11-12-13-14-15-19-16-17-21(30-19)22(27)20(18-26)25(23(28)29)24(2,3)4/h16-17,20,22,26-27H,5-13,18H2,1-4H3,(H,28,29). The van der Waals surface area contributed by atoms with Gasteiger partial charge in [0.05, 0.1) is 17.5 Å². The lowest BCUT2D eigenvalue weighted by molar-refractivity contribution is -0.0160. The van der Waals surface area contributed by atoms with E-state index >= 15 is 0 Å². The Morgan fingerprint density at radius 2 is 1.70 bits per heavy atom. The second kappa shape index (κ2) is 13.7. The average molecular weight is 438 g/mol. The fraction of sp³-hybridized carbons (Fsp3) is 0.708. The summed E-state index contributed by atoms with van der Waals surface area (Å²) in [6.45, 7) is 7.01. The zero-order chi connectivity index (χ0) is 22.6. The SMILES string of the molecule is CCCCCCCCCCC#Cc1ccc(C(O)C(CO)N(C(=O)O)C(C)(C)C)s1. The van der Waals surface area contributed by atoms with E-state index in [1.807, 2.05) is 6.07 Å². The van der Waals surface area contributed by atoms with E-state index in [4.69, 9.17) is 0 Å². The summed E-state index contributed by atoms with van der Waals surface area (Å²) >= 11 is 1.35. The molecule has 1 amide bonds. The van der Waals surface area contributed by atoms with Crippen molar-refractivity contribution in [3.8, 4) is 11.8 Å². The molecule has 1 aromatic heterocycles. The third-order valence-corrected chi connectivity index (χ3v) is 6.17. The molecule has 2 atom stereocenters. The molecular formula is C24H39NO4S. The van der Waals surface area contributed by atoms with Crippen LogP contribution >= 0.6 is 11.3 Å². The predicted molar refractivity (Wildman–Crippen MR) is 124 cm³/mol. The molecule has 3 N–H and O–H groups in total. The average Bonchev–Trinajstić information content (AvgIpc) is 3.14. The van der Waals surface area contributed by atoms with Gasteiger partial charge in [-0.2, -0.15) is 0 Å². The smallest absolute Gasteiger partial charge is 0.408 e. The van der Waals surface area contributed by atoms with Gasteiger partial charge in [0.25, 0.3) is 0 Å². The van der Waals surface area contributed by atoms with Crippen LogP contribution in [0.4, 0.5) is 4.79 Å². The lowest BCUT2D eigenvalue weighted by Crippen LogP contribution is -2.54. The molecule has 0 aliphatic rings. The van der Waals surface area contributed by atoms with Crippen molar-refractivity contribution in [1.29, 1.82) is 0 Å². The molecule has 0 saturated heterocycles. The number of rotatable bonds is 12. The molecule has 0 radical (unpaired) electrons. The molecule has 0 aromatic carbocycles. The predicted octanol–water partition coefficient (Wildman–Crippen LogP) is 5.80. The normalized spacial score (nSPS) is 13.4. The van der Waals surface area contributed by atoms with Crippen molar-refractivity contribution in [3.63, 3.8) is 0 Å². The number of hydrogen-bond acceptors (Lipinski definition) is 4. The number of thiophene rings is 1. The highest BCUT2D eigenvalue weighted by molar-refractivity contribution is 7.12. The van der Waals surface area contributed by atoms with Crippen molar-refractivity contribution >= 4 is 17.4 Å². The Morgan fingerprint density at radius 3 is 2.23 bits per heavy atom. The summed E-state index contributed by atoms with van der Waals surface area (Å²) < 4.78 is 0. The van der Waals surface area contributed by atoms with Crippen molar-refractivity contribution in [2.75, 3.05) is 6.61 Å². The molecule has 5 nitrogen and oxygen atoms in total. The molecule has 1 rings (SSSR count). The molecule has 0 saturated carbocycles. The highest BCUT2D eigenvalue weighted by Crippen LogP contribution is 2.31. The minimum atomic E-state index is -1.16. The summed E-state index contributed by atoms with van der Waals surface area (Å²) in [5.41, 5.74) is -0.740. The molecule has 0 aliphatic heterocycles. The maximum Gasteiger partial charge on any atom is 0.408 e. The van der Waals surface area contributed by atoms with Gasteiger partial charge in [0.1, 0.15) is 6.10 Å². The first-order valence-electron chi connectivity index (χ1n) is 11.1. The molecular weight excluding hydrogens is 398 g/mol. The third kappa shape index (κ3) is 9.07. The van der Waals surface area contributed by atoms with Crippen LogP contribution in [0.2, 0.25) is 0 Å². The van der Waals surface area contributed by atoms with E-state index in [-0.39, 0.29) is 0 Å². The Hall–Kier alpha value is -1.55. The quantitative estimate of drug-likeness (QED) is 0.285. The Labute approximate surface area is 186 Å². The van der Waals surface area contributed by atoms with Gasteiger partial charge < -0.3 is 15.3 Å². The summed E-state index contributed by atoms with van der Waals surface area (Å²) in [6.07, 6.45) is 8.81. The molecule has 2 unspecified atom stereocenters. The molecule has 170 valence electrons. The van der Waals surface area contributed by atoms with Gasteiger partial charge in [-0.3, -0.25) is 4.90 Å². The highest BCUT2D eigenvalue weighted by Gasteiger charge is 2.37. The van der Waals surface area contributed by atoms with E-state index < -0.39 is 30.4 Å². The number of nitrogens with zero attached hydrogens (tertiary/aromatic N) is 1. The van der Waals surface area contributed by atoms with E-state index in [2.05, 4.69) is 18.8 Å². The fourth-order valence-electron chi connectivity index (χ4n) is 3.51. The molecule has 0 bridgehead atoms. The summed E-state index contributed by atoms with van der Waals surface area (Å²) in [4.78, 5) is 14.3. The molecule has 0 fully saturated rings. The van der Waals surface area contributed by atoms with E-state index in [1.165, 1.54) is 56.3 Å². The lowest BCUT2D eigenvalue weighted by Gasteiger charge is -2.40. The molecule has 0 spiro atoms. The second-order valence-corrected chi connectivity index (χ2v) is 9.86. The first kappa shape index (κ1) is 26.5. The van der Waals surface area contributed by atoms with Gasteiger partial charge in [0.15, 0.2) is 0 Å². The van der Waals surface area contributed by atoms with Crippen LogP contribution in [0.15, 0.2) is 12.1 Å².